The van der Waals surface area contributed by atoms with Crippen molar-refractivity contribution in [2.45, 2.75) is 39.0 Å². The Balaban J connectivity index is 1.41. The molecule has 0 saturated carbocycles. The third kappa shape index (κ3) is 4.18. The minimum absolute atomic E-state index is 0.120. The van der Waals surface area contributed by atoms with Gasteiger partial charge in [-0.3, -0.25) is 14.4 Å². The van der Waals surface area contributed by atoms with Crippen LogP contribution in [0.5, 0.6) is 0 Å². The molecule has 0 fully saturated rings. The van der Waals surface area contributed by atoms with Crippen LogP contribution in [0.2, 0.25) is 5.02 Å². The van der Waals surface area contributed by atoms with Crippen LogP contribution in [0.1, 0.15) is 36.0 Å². The smallest absolute Gasteiger partial charge is 0.259 e. The Labute approximate surface area is 175 Å². The molecule has 9 heteroatoms. The number of rotatable bonds is 5. The standard InChI is InChI=1S/C20H19ClN4O3S/c1-10(26)22-14-6-5-11(9-13(14)21)23-17(27)8-7-16-24-19(28)18-12-3-2-4-15(12)29-20(18)25-16/h5-6,9H,2-4,7-8H2,1H3,(H,22,26)(H,23,27)(H,24,25,28). The predicted molar refractivity (Wildman–Crippen MR) is 115 cm³/mol. The van der Waals surface area contributed by atoms with Crippen molar-refractivity contribution >= 4 is 56.3 Å². The van der Waals surface area contributed by atoms with Crippen molar-refractivity contribution in [3.63, 3.8) is 0 Å². The number of hydrogen-bond acceptors (Lipinski definition) is 5. The summed E-state index contributed by atoms with van der Waals surface area (Å²) in [5.74, 6) is 0.0690. The summed E-state index contributed by atoms with van der Waals surface area (Å²) < 4.78 is 0. The Morgan fingerprint density at radius 1 is 1.28 bits per heavy atom. The van der Waals surface area contributed by atoms with Gasteiger partial charge in [-0.25, -0.2) is 4.98 Å². The highest BCUT2D eigenvalue weighted by Gasteiger charge is 2.21. The maximum Gasteiger partial charge on any atom is 0.259 e. The molecule has 4 rings (SSSR count). The highest BCUT2D eigenvalue weighted by Crippen LogP contribution is 2.34. The predicted octanol–water partition coefficient (Wildman–Crippen LogP) is 3.66. The van der Waals surface area contributed by atoms with Crippen LogP contribution in [-0.2, 0) is 28.9 Å². The number of aryl methyl sites for hydroxylation is 3. The lowest BCUT2D eigenvalue weighted by Gasteiger charge is -2.09. The van der Waals surface area contributed by atoms with Crippen molar-refractivity contribution in [2.24, 2.45) is 0 Å². The summed E-state index contributed by atoms with van der Waals surface area (Å²) in [4.78, 5) is 45.3. The number of thiophene rings is 1. The molecule has 0 radical (unpaired) electrons. The van der Waals surface area contributed by atoms with E-state index in [0.29, 0.717) is 34.0 Å². The van der Waals surface area contributed by atoms with Crippen molar-refractivity contribution in [3.05, 3.63) is 49.8 Å². The molecule has 7 nitrogen and oxygen atoms in total. The van der Waals surface area contributed by atoms with E-state index in [1.54, 1.807) is 29.5 Å². The van der Waals surface area contributed by atoms with Crippen molar-refractivity contribution in [1.82, 2.24) is 9.97 Å². The van der Waals surface area contributed by atoms with Gasteiger partial charge < -0.3 is 15.6 Å². The van der Waals surface area contributed by atoms with E-state index in [-0.39, 0.29) is 23.8 Å². The number of carbonyl (C=O) groups excluding carboxylic acids is 2. The maximum atomic E-state index is 12.5. The van der Waals surface area contributed by atoms with Gasteiger partial charge in [0.05, 0.1) is 16.1 Å². The molecular formula is C20H19ClN4O3S. The maximum absolute atomic E-state index is 12.5. The Morgan fingerprint density at radius 2 is 2.10 bits per heavy atom. The molecule has 0 atom stereocenters. The third-order valence-corrected chi connectivity index (χ3v) is 6.27. The lowest BCUT2D eigenvalue weighted by molar-refractivity contribution is -0.116. The molecule has 1 aliphatic rings. The van der Waals surface area contributed by atoms with Crippen LogP contribution in [0.4, 0.5) is 11.4 Å². The number of anilines is 2. The van der Waals surface area contributed by atoms with E-state index in [1.807, 2.05) is 0 Å². The average Bonchev–Trinajstić information content (AvgIpc) is 3.22. The lowest BCUT2D eigenvalue weighted by Crippen LogP contribution is -2.16. The highest BCUT2D eigenvalue weighted by atomic mass is 35.5. The largest absolute Gasteiger partial charge is 0.326 e. The number of nitrogens with zero attached hydrogens (tertiary/aromatic N) is 1. The molecule has 3 aromatic rings. The summed E-state index contributed by atoms with van der Waals surface area (Å²) in [6.45, 7) is 1.39. The van der Waals surface area contributed by atoms with Gasteiger partial charge in [0, 0.05) is 30.3 Å². The highest BCUT2D eigenvalue weighted by molar-refractivity contribution is 7.18. The number of amides is 2. The number of aromatic nitrogens is 2. The molecule has 3 N–H and O–H groups in total. The van der Waals surface area contributed by atoms with Crippen LogP contribution in [-0.4, -0.2) is 21.8 Å². The second kappa shape index (κ2) is 7.96. The van der Waals surface area contributed by atoms with E-state index in [2.05, 4.69) is 20.6 Å². The summed E-state index contributed by atoms with van der Waals surface area (Å²) in [7, 11) is 0. The third-order valence-electron chi connectivity index (χ3n) is 4.78. The van der Waals surface area contributed by atoms with E-state index in [1.165, 1.54) is 11.8 Å². The molecule has 2 aromatic heterocycles. The monoisotopic (exact) mass is 430 g/mol. The van der Waals surface area contributed by atoms with Crippen molar-refractivity contribution in [3.8, 4) is 0 Å². The zero-order valence-corrected chi connectivity index (χ0v) is 17.3. The van der Waals surface area contributed by atoms with Gasteiger partial charge in [-0.05, 0) is 43.0 Å². The van der Waals surface area contributed by atoms with Crippen molar-refractivity contribution in [1.29, 1.82) is 0 Å². The van der Waals surface area contributed by atoms with E-state index in [9.17, 15) is 14.4 Å². The van der Waals surface area contributed by atoms with Crippen LogP contribution < -0.4 is 16.2 Å². The average molecular weight is 431 g/mol. The van der Waals surface area contributed by atoms with E-state index >= 15 is 0 Å². The van der Waals surface area contributed by atoms with E-state index in [4.69, 9.17) is 11.6 Å². The number of benzene rings is 1. The minimum atomic E-state index is -0.224. The second-order valence-corrected chi connectivity index (χ2v) is 8.46. The van der Waals surface area contributed by atoms with E-state index in [0.717, 1.165) is 29.7 Å². The number of aromatic amines is 1. The van der Waals surface area contributed by atoms with Gasteiger partial charge in [0.15, 0.2) is 0 Å². The molecule has 0 spiro atoms. The molecule has 1 aromatic carbocycles. The lowest BCUT2D eigenvalue weighted by atomic mass is 10.2. The molecule has 0 unspecified atom stereocenters. The first-order valence-corrected chi connectivity index (χ1v) is 10.5. The first kappa shape index (κ1) is 19.6. The number of H-pyrrole nitrogens is 1. The Morgan fingerprint density at radius 3 is 2.86 bits per heavy atom. The van der Waals surface area contributed by atoms with E-state index < -0.39 is 0 Å². The minimum Gasteiger partial charge on any atom is -0.326 e. The van der Waals surface area contributed by atoms with Crippen LogP contribution in [0.15, 0.2) is 23.0 Å². The normalized spacial score (nSPS) is 12.8. The van der Waals surface area contributed by atoms with Crippen LogP contribution in [0.25, 0.3) is 10.2 Å². The first-order chi connectivity index (χ1) is 13.9. The summed E-state index contributed by atoms with van der Waals surface area (Å²) in [5, 5.41) is 6.42. The first-order valence-electron chi connectivity index (χ1n) is 9.31. The van der Waals surface area contributed by atoms with Gasteiger partial charge in [-0.2, -0.15) is 0 Å². The molecule has 0 saturated heterocycles. The van der Waals surface area contributed by atoms with Gasteiger partial charge in [0.1, 0.15) is 10.7 Å². The summed E-state index contributed by atoms with van der Waals surface area (Å²) in [5.41, 5.74) is 2.03. The summed E-state index contributed by atoms with van der Waals surface area (Å²) in [6.07, 6.45) is 3.54. The van der Waals surface area contributed by atoms with Gasteiger partial charge in [-0.1, -0.05) is 11.6 Å². The van der Waals surface area contributed by atoms with Crippen LogP contribution in [0.3, 0.4) is 0 Å². The number of halogens is 1. The zero-order valence-electron chi connectivity index (χ0n) is 15.7. The molecule has 150 valence electrons. The number of hydrogen-bond donors (Lipinski definition) is 3. The number of fused-ring (bicyclic) bond motifs is 3. The van der Waals surface area contributed by atoms with Crippen LogP contribution >= 0.6 is 22.9 Å². The zero-order chi connectivity index (χ0) is 20.5. The van der Waals surface area contributed by atoms with Crippen molar-refractivity contribution < 1.29 is 9.59 Å². The van der Waals surface area contributed by atoms with Crippen LogP contribution in [0, 0.1) is 0 Å². The molecular weight excluding hydrogens is 412 g/mol. The summed E-state index contributed by atoms with van der Waals surface area (Å²) >= 11 is 7.70. The second-order valence-electron chi connectivity index (χ2n) is 6.97. The van der Waals surface area contributed by atoms with Gasteiger partial charge in [0.2, 0.25) is 11.8 Å². The quantitative estimate of drug-likeness (QED) is 0.574. The summed E-state index contributed by atoms with van der Waals surface area (Å²) in [6, 6.07) is 4.86. The Kier molecular flexibility index (Phi) is 5.38. The fraction of sp³-hybridized carbons (Fsp3) is 0.300. The SMILES string of the molecule is CC(=O)Nc1ccc(NC(=O)CCc2nc3sc4c(c3c(=O)[nH]2)CCC4)cc1Cl. The van der Waals surface area contributed by atoms with Gasteiger partial charge >= 0.3 is 0 Å². The Hall–Kier alpha value is -2.71. The molecule has 2 heterocycles. The van der Waals surface area contributed by atoms with Gasteiger partial charge in [-0.15, -0.1) is 11.3 Å². The molecule has 2 amide bonds. The number of nitrogens with one attached hydrogen (secondary N) is 3. The number of carbonyl (C=O) groups is 2. The molecule has 0 aliphatic heterocycles. The fourth-order valence-electron chi connectivity index (χ4n) is 3.50. The molecule has 0 bridgehead atoms. The molecule has 29 heavy (non-hydrogen) atoms. The van der Waals surface area contributed by atoms with Gasteiger partial charge in [0.25, 0.3) is 5.56 Å². The fourth-order valence-corrected chi connectivity index (χ4v) is 5.01. The topological polar surface area (TPSA) is 104 Å². The molecule has 1 aliphatic carbocycles. The Bertz CT molecular complexity index is 1180. The van der Waals surface area contributed by atoms with Crippen molar-refractivity contribution in [2.75, 3.05) is 10.6 Å².